The summed E-state index contributed by atoms with van der Waals surface area (Å²) in [6.45, 7) is 2.93. The average molecular weight is 251 g/mol. The van der Waals surface area contributed by atoms with Gasteiger partial charge in [0.25, 0.3) is 5.91 Å². The summed E-state index contributed by atoms with van der Waals surface area (Å²) in [6, 6.07) is 7.57. The summed E-state index contributed by atoms with van der Waals surface area (Å²) < 4.78 is 0. The molecular weight excluding hydrogens is 234 g/mol. The maximum atomic E-state index is 12.3. The van der Waals surface area contributed by atoms with Crippen molar-refractivity contribution in [2.45, 2.75) is 13.0 Å². The molecule has 1 aromatic rings. The highest BCUT2D eigenvalue weighted by molar-refractivity contribution is 7.99. The van der Waals surface area contributed by atoms with Gasteiger partial charge >= 0.3 is 0 Å². The summed E-state index contributed by atoms with van der Waals surface area (Å²) in [7, 11) is 0. The summed E-state index contributed by atoms with van der Waals surface area (Å²) in [6.07, 6.45) is 0. The predicted octanol–water partition coefficient (Wildman–Crippen LogP) is 1.55. The fourth-order valence-corrected chi connectivity index (χ4v) is 2.92. The van der Waals surface area contributed by atoms with Gasteiger partial charge in [-0.3, -0.25) is 10.6 Å². The van der Waals surface area contributed by atoms with E-state index in [0.717, 1.165) is 29.3 Å². The summed E-state index contributed by atoms with van der Waals surface area (Å²) >= 11 is 1.91. The third-order valence-corrected chi connectivity index (χ3v) is 4.12. The van der Waals surface area contributed by atoms with Crippen molar-refractivity contribution in [3.63, 3.8) is 0 Å². The van der Waals surface area contributed by atoms with Crippen LogP contribution in [0.4, 0.5) is 5.69 Å². The molecule has 1 heterocycles. The van der Waals surface area contributed by atoms with Crippen LogP contribution in [0.2, 0.25) is 0 Å². The van der Waals surface area contributed by atoms with E-state index in [1.165, 1.54) is 0 Å². The zero-order valence-electron chi connectivity index (χ0n) is 9.85. The van der Waals surface area contributed by atoms with Gasteiger partial charge < -0.3 is 10.3 Å². The van der Waals surface area contributed by atoms with E-state index < -0.39 is 0 Å². The van der Waals surface area contributed by atoms with Crippen LogP contribution in [0.25, 0.3) is 0 Å². The van der Waals surface area contributed by atoms with E-state index in [9.17, 15) is 4.79 Å². The number of anilines is 1. The standard InChI is InChI=1S/C12H17N3OS/c1-9-8-17-7-6-15(9)12(16)10-2-4-11(14-13)5-3-10/h2-5,9,14H,6-8,13H2,1H3. The second-order valence-corrected chi connectivity index (χ2v) is 5.29. The molecule has 17 heavy (non-hydrogen) atoms. The van der Waals surface area contributed by atoms with Crippen LogP contribution in [0.1, 0.15) is 17.3 Å². The molecule has 5 heteroatoms. The van der Waals surface area contributed by atoms with Crippen LogP contribution in [0.3, 0.4) is 0 Å². The normalized spacial score (nSPS) is 20.1. The molecule has 1 amide bonds. The minimum Gasteiger partial charge on any atom is -0.334 e. The lowest BCUT2D eigenvalue weighted by Gasteiger charge is -2.33. The zero-order valence-corrected chi connectivity index (χ0v) is 10.7. The minimum atomic E-state index is 0.112. The van der Waals surface area contributed by atoms with Gasteiger partial charge in [0.15, 0.2) is 0 Å². The first kappa shape index (κ1) is 12.3. The van der Waals surface area contributed by atoms with Crippen molar-refractivity contribution in [3.05, 3.63) is 29.8 Å². The smallest absolute Gasteiger partial charge is 0.254 e. The van der Waals surface area contributed by atoms with Crippen LogP contribution in [-0.4, -0.2) is 34.9 Å². The number of benzene rings is 1. The molecular formula is C12H17N3OS. The third-order valence-electron chi connectivity index (χ3n) is 2.93. The van der Waals surface area contributed by atoms with Gasteiger partial charge in [-0.15, -0.1) is 0 Å². The molecule has 0 radical (unpaired) electrons. The summed E-state index contributed by atoms with van der Waals surface area (Å²) in [5.74, 6) is 7.45. The Kier molecular flexibility index (Phi) is 3.91. The van der Waals surface area contributed by atoms with Crippen molar-refractivity contribution in [2.75, 3.05) is 23.5 Å². The molecule has 0 aliphatic carbocycles. The quantitative estimate of drug-likeness (QED) is 0.618. The van der Waals surface area contributed by atoms with Gasteiger partial charge in [-0.1, -0.05) is 0 Å². The Morgan fingerprint density at radius 1 is 1.47 bits per heavy atom. The molecule has 1 aliphatic heterocycles. The van der Waals surface area contributed by atoms with Crippen molar-refractivity contribution in [2.24, 2.45) is 5.84 Å². The third kappa shape index (κ3) is 2.73. The SMILES string of the molecule is CC1CSCCN1C(=O)c1ccc(NN)cc1. The van der Waals surface area contributed by atoms with E-state index in [0.29, 0.717) is 6.04 Å². The largest absolute Gasteiger partial charge is 0.334 e. The first-order valence-electron chi connectivity index (χ1n) is 5.68. The molecule has 1 unspecified atom stereocenters. The van der Waals surface area contributed by atoms with Gasteiger partial charge in [-0.05, 0) is 31.2 Å². The molecule has 0 spiro atoms. The van der Waals surface area contributed by atoms with E-state index in [4.69, 9.17) is 5.84 Å². The average Bonchev–Trinajstić information content (AvgIpc) is 2.39. The van der Waals surface area contributed by atoms with Crippen molar-refractivity contribution >= 4 is 23.4 Å². The van der Waals surface area contributed by atoms with Crippen LogP contribution in [0.5, 0.6) is 0 Å². The molecule has 1 fully saturated rings. The maximum absolute atomic E-state index is 12.3. The number of nitrogens with two attached hydrogens (primary N) is 1. The Balaban J connectivity index is 2.12. The molecule has 3 N–H and O–H groups in total. The first-order chi connectivity index (χ1) is 8.22. The Morgan fingerprint density at radius 3 is 2.76 bits per heavy atom. The molecule has 1 aromatic carbocycles. The predicted molar refractivity (Wildman–Crippen MR) is 72.1 cm³/mol. The fraction of sp³-hybridized carbons (Fsp3) is 0.417. The number of hydrogen-bond donors (Lipinski definition) is 2. The molecule has 92 valence electrons. The second kappa shape index (κ2) is 5.42. The molecule has 2 rings (SSSR count). The number of nitrogens with zero attached hydrogens (tertiary/aromatic N) is 1. The Labute approximate surface area is 106 Å². The Morgan fingerprint density at radius 2 is 2.18 bits per heavy atom. The van der Waals surface area contributed by atoms with Gasteiger partial charge in [-0.25, -0.2) is 0 Å². The minimum absolute atomic E-state index is 0.112. The maximum Gasteiger partial charge on any atom is 0.254 e. The topological polar surface area (TPSA) is 58.4 Å². The van der Waals surface area contributed by atoms with Crippen molar-refractivity contribution in [3.8, 4) is 0 Å². The molecule has 1 aliphatic rings. The molecule has 0 aromatic heterocycles. The van der Waals surface area contributed by atoms with Gasteiger partial charge in [0, 0.05) is 35.3 Å². The highest BCUT2D eigenvalue weighted by Gasteiger charge is 2.24. The van der Waals surface area contributed by atoms with Gasteiger partial charge in [0.05, 0.1) is 0 Å². The van der Waals surface area contributed by atoms with Crippen molar-refractivity contribution in [1.82, 2.24) is 4.90 Å². The first-order valence-corrected chi connectivity index (χ1v) is 6.83. The number of nitrogen functional groups attached to an aromatic ring is 1. The van der Waals surface area contributed by atoms with E-state index in [2.05, 4.69) is 12.3 Å². The second-order valence-electron chi connectivity index (χ2n) is 4.14. The summed E-state index contributed by atoms with van der Waals surface area (Å²) in [4.78, 5) is 14.2. The number of hydrazine groups is 1. The highest BCUT2D eigenvalue weighted by Crippen LogP contribution is 2.19. The van der Waals surface area contributed by atoms with Crippen molar-refractivity contribution in [1.29, 1.82) is 0 Å². The number of rotatable bonds is 2. The molecule has 0 bridgehead atoms. The number of carbonyl (C=O) groups excluding carboxylic acids is 1. The monoisotopic (exact) mass is 251 g/mol. The number of hydrogen-bond acceptors (Lipinski definition) is 4. The summed E-state index contributed by atoms with van der Waals surface area (Å²) in [5.41, 5.74) is 4.09. The number of thioether (sulfide) groups is 1. The van der Waals surface area contributed by atoms with E-state index >= 15 is 0 Å². The Hall–Kier alpha value is -1.20. The van der Waals surface area contributed by atoms with E-state index in [1.54, 1.807) is 0 Å². The zero-order chi connectivity index (χ0) is 12.3. The van der Waals surface area contributed by atoms with Gasteiger partial charge in [0.1, 0.15) is 0 Å². The Bertz CT molecular complexity index is 393. The summed E-state index contributed by atoms with van der Waals surface area (Å²) in [5, 5.41) is 0. The lowest BCUT2D eigenvalue weighted by atomic mass is 10.1. The van der Waals surface area contributed by atoms with Crippen LogP contribution in [-0.2, 0) is 0 Å². The van der Waals surface area contributed by atoms with E-state index in [-0.39, 0.29) is 5.91 Å². The highest BCUT2D eigenvalue weighted by atomic mass is 32.2. The van der Waals surface area contributed by atoms with Crippen LogP contribution >= 0.6 is 11.8 Å². The van der Waals surface area contributed by atoms with E-state index in [1.807, 2.05) is 40.9 Å². The number of carbonyl (C=O) groups is 1. The molecule has 1 saturated heterocycles. The van der Waals surface area contributed by atoms with Gasteiger partial charge in [-0.2, -0.15) is 11.8 Å². The van der Waals surface area contributed by atoms with Crippen molar-refractivity contribution < 1.29 is 4.79 Å². The number of nitrogens with one attached hydrogen (secondary N) is 1. The molecule has 4 nitrogen and oxygen atoms in total. The van der Waals surface area contributed by atoms with Crippen LogP contribution in [0, 0.1) is 0 Å². The van der Waals surface area contributed by atoms with Gasteiger partial charge in [0.2, 0.25) is 0 Å². The van der Waals surface area contributed by atoms with Crippen LogP contribution in [0.15, 0.2) is 24.3 Å². The lowest BCUT2D eigenvalue weighted by molar-refractivity contribution is 0.0716. The number of amides is 1. The lowest BCUT2D eigenvalue weighted by Crippen LogP contribution is -2.44. The molecule has 0 saturated carbocycles. The molecule has 1 atom stereocenters. The van der Waals surface area contributed by atoms with Crippen LogP contribution < -0.4 is 11.3 Å². The fourth-order valence-electron chi connectivity index (χ4n) is 1.90.